The van der Waals surface area contributed by atoms with Crippen LogP contribution in [-0.4, -0.2) is 87.4 Å². The van der Waals surface area contributed by atoms with Crippen LogP contribution < -0.4 is 0 Å². The summed E-state index contributed by atoms with van der Waals surface area (Å²) in [6.45, 7) is 4.72. The minimum atomic E-state index is -1.53. The molecule has 2 unspecified atom stereocenters. The molecule has 0 fully saturated rings. The van der Waals surface area contributed by atoms with Crippen molar-refractivity contribution < 1.29 is 42.9 Å². The summed E-state index contributed by atoms with van der Waals surface area (Å²) in [6.07, 6.45) is 83.6. The van der Waals surface area contributed by atoms with Crippen molar-refractivity contribution in [2.45, 2.75) is 334 Å². The summed E-state index contributed by atoms with van der Waals surface area (Å²) < 4.78 is 22.8. The molecular formula is C74H134NO8+. The number of quaternary nitrogens is 1. The Morgan fingerprint density at radius 2 is 0.699 bits per heavy atom. The number of nitrogens with zero attached hydrogens (tertiary/aromatic N) is 1. The molecule has 2 atom stereocenters. The molecule has 0 aromatic heterocycles. The zero-order chi connectivity index (χ0) is 60.5. The van der Waals surface area contributed by atoms with Crippen LogP contribution in [0.5, 0.6) is 0 Å². The number of hydrogen-bond acceptors (Lipinski definition) is 7. The van der Waals surface area contributed by atoms with Crippen LogP contribution in [0.2, 0.25) is 0 Å². The fourth-order valence-electron chi connectivity index (χ4n) is 10.1. The fraction of sp³-hybridized carbons (Fsp3) is 0.797. The van der Waals surface area contributed by atoms with Gasteiger partial charge in [-0.05, 0) is 77.0 Å². The molecule has 0 saturated carbocycles. The Kier molecular flexibility index (Phi) is 62.2. The first-order valence-corrected chi connectivity index (χ1v) is 35.1. The highest BCUT2D eigenvalue weighted by Crippen LogP contribution is 2.18. The third kappa shape index (κ3) is 66.1. The molecule has 0 aromatic carbocycles. The highest BCUT2D eigenvalue weighted by Gasteiger charge is 2.25. The van der Waals surface area contributed by atoms with Gasteiger partial charge in [-0.3, -0.25) is 9.59 Å². The van der Waals surface area contributed by atoms with Crippen LogP contribution in [0.15, 0.2) is 72.9 Å². The van der Waals surface area contributed by atoms with Gasteiger partial charge in [0.15, 0.2) is 6.10 Å². The number of aliphatic carboxylic acids is 1. The lowest BCUT2D eigenvalue weighted by Gasteiger charge is -2.25. The van der Waals surface area contributed by atoms with Crippen LogP contribution in [0.3, 0.4) is 0 Å². The minimum Gasteiger partial charge on any atom is -0.477 e. The normalized spacial score (nSPS) is 13.1. The van der Waals surface area contributed by atoms with Gasteiger partial charge < -0.3 is 28.5 Å². The monoisotopic (exact) mass is 1170 g/mol. The van der Waals surface area contributed by atoms with Crippen molar-refractivity contribution in [3.8, 4) is 0 Å². The highest BCUT2D eigenvalue weighted by molar-refractivity contribution is 5.71. The van der Waals surface area contributed by atoms with Gasteiger partial charge in [-0.2, -0.15) is 0 Å². The van der Waals surface area contributed by atoms with E-state index < -0.39 is 24.3 Å². The molecule has 9 heteroatoms. The van der Waals surface area contributed by atoms with E-state index >= 15 is 0 Å². The van der Waals surface area contributed by atoms with Crippen LogP contribution in [0.25, 0.3) is 0 Å². The van der Waals surface area contributed by atoms with E-state index in [1.807, 2.05) is 21.1 Å². The molecule has 83 heavy (non-hydrogen) atoms. The molecule has 482 valence electrons. The van der Waals surface area contributed by atoms with Gasteiger partial charge in [0.05, 0.1) is 34.4 Å². The zero-order valence-corrected chi connectivity index (χ0v) is 55.1. The molecule has 0 aliphatic rings. The third-order valence-corrected chi connectivity index (χ3v) is 15.4. The van der Waals surface area contributed by atoms with Gasteiger partial charge in [-0.25, -0.2) is 4.79 Å². The molecule has 0 bridgehead atoms. The molecule has 0 radical (unpaired) electrons. The van der Waals surface area contributed by atoms with Gasteiger partial charge in [0, 0.05) is 12.8 Å². The van der Waals surface area contributed by atoms with E-state index in [1.54, 1.807) is 0 Å². The molecule has 1 N–H and O–H groups in total. The number of ether oxygens (including phenoxy) is 4. The Bertz CT molecular complexity index is 1590. The lowest BCUT2D eigenvalue weighted by molar-refractivity contribution is -0.870. The van der Waals surface area contributed by atoms with Gasteiger partial charge in [0.2, 0.25) is 0 Å². The van der Waals surface area contributed by atoms with Crippen LogP contribution in [-0.2, 0) is 33.3 Å². The van der Waals surface area contributed by atoms with Gasteiger partial charge in [-0.1, -0.05) is 305 Å². The standard InChI is InChI=1S/C74H133NO8/c1-6-8-10-12-14-16-18-20-22-24-25-26-27-28-29-30-31-32-33-34-35-36-37-38-39-40-41-42-43-44-45-46-47-49-50-52-54-56-58-60-62-64-71(76)81-68-70(69-82-74(73(78)79)80-67-66-75(3,4)5)83-72(77)65-63-61-59-57-55-53-51-48-23-21-19-17-15-13-11-9-7-2/h9,11,15,17,21,23-25,51,53,57,59,70,74H,6-8,10,12-14,16,18-20,22,26-50,52,54-56,58,60-69H2,1-5H3/p+1/b11-9-,17-15-,23-21-,25-24-,53-51-,59-57-. The van der Waals surface area contributed by atoms with E-state index in [9.17, 15) is 19.5 Å². The molecular weight excluding hydrogens is 1030 g/mol. The van der Waals surface area contributed by atoms with Crippen LogP contribution >= 0.6 is 0 Å². The maximum atomic E-state index is 12.8. The first-order valence-electron chi connectivity index (χ1n) is 35.1. The molecule has 9 nitrogen and oxygen atoms in total. The van der Waals surface area contributed by atoms with Gasteiger partial charge >= 0.3 is 17.9 Å². The van der Waals surface area contributed by atoms with Gasteiger partial charge in [0.1, 0.15) is 13.2 Å². The average Bonchev–Trinajstić information content (AvgIpc) is 3.46. The Morgan fingerprint density at radius 3 is 1.07 bits per heavy atom. The lowest BCUT2D eigenvalue weighted by Crippen LogP contribution is -2.40. The first-order chi connectivity index (χ1) is 40.6. The summed E-state index contributed by atoms with van der Waals surface area (Å²) in [5.41, 5.74) is 0. The zero-order valence-electron chi connectivity index (χ0n) is 55.1. The summed E-state index contributed by atoms with van der Waals surface area (Å²) in [7, 11) is 5.95. The predicted molar refractivity (Wildman–Crippen MR) is 355 cm³/mol. The smallest absolute Gasteiger partial charge is 0.361 e. The molecule has 0 saturated heterocycles. The van der Waals surface area contributed by atoms with Crippen molar-refractivity contribution in [3.05, 3.63) is 72.9 Å². The van der Waals surface area contributed by atoms with Gasteiger partial charge in [0.25, 0.3) is 6.29 Å². The topological polar surface area (TPSA) is 108 Å². The lowest BCUT2D eigenvalue weighted by atomic mass is 10.0. The molecule has 0 amide bonds. The Labute approximate surface area is 513 Å². The number of carboxylic acid groups (broad SMARTS) is 1. The largest absolute Gasteiger partial charge is 0.477 e. The van der Waals surface area contributed by atoms with Crippen LogP contribution in [0, 0.1) is 0 Å². The predicted octanol–water partition coefficient (Wildman–Crippen LogP) is 21.7. The first kappa shape index (κ1) is 79.7. The minimum absolute atomic E-state index is 0.176. The van der Waals surface area contributed by atoms with Crippen molar-refractivity contribution in [2.75, 3.05) is 47.5 Å². The number of likely N-dealkylation sites (N-methyl/N-ethyl adjacent to an activating group) is 1. The number of esters is 2. The van der Waals surface area contributed by atoms with Crippen LogP contribution in [0.1, 0.15) is 322 Å². The van der Waals surface area contributed by atoms with Crippen molar-refractivity contribution in [2.24, 2.45) is 0 Å². The average molecular weight is 1170 g/mol. The molecule has 0 rings (SSSR count). The number of carboxylic acids is 1. The number of carbonyl (C=O) groups excluding carboxylic acids is 2. The molecule has 0 aliphatic heterocycles. The summed E-state index contributed by atoms with van der Waals surface area (Å²) in [4.78, 5) is 37.5. The fourth-order valence-corrected chi connectivity index (χ4v) is 10.1. The molecule has 0 aromatic rings. The van der Waals surface area contributed by atoms with E-state index in [0.29, 0.717) is 23.9 Å². The maximum Gasteiger partial charge on any atom is 0.361 e. The highest BCUT2D eigenvalue weighted by atomic mass is 16.7. The van der Waals surface area contributed by atoms with E-state index in [4.69, 9.17) is 18.9 Å². The molecule has 0 aliphatic carbocycles. The third-order valence-electron chi connectivity index (χ3n) is 15.4. The number of rotatable bonds is 65. The van der Waals surface area contributed by atoms with E-state index in [-0.39, 0.29) is 32.2 Å². The quantitative estimate of drug-likeness (QED) is 0.0211. The van der Waals surface area contributed by atoms with E-state index in [1.165, 1.54) is 231 Å². The summed E-state index contributed by atoms with van der Waals surface area (Å²) >= 11 is 0. The van der Waals surface area contributed by atoms with Crippen molar-refractivity contribution in [1.29, 1.82) is 0 Å². The number of carbonyl (C=O) groups is 3. The van der Waals surface area contributed by atoms with E-state index in [2.05, 4.69) is 86.8 Å². The summed E-state index contributed by atoms with van der Waals surface area (Å²) in [5, 5.41) is 9.71. The maximum absolute atomic E-state index is 12.8. The summed E-state index contributed by atoms with van der Waals surface area (Å²) in [6, 6.07) is 0. The van der Waals surface area contributed by atoms with Crippen LogP contribution in [0.4, 0.5) is 0 Å². The second kappa shape index (κ2) is 64.7. The number of allylic oxidation sites excluding steroid dienone is 12. The molecule has 0 spiro atoms. The number of unbranched alkanes of at least 4 members (excludes halogenated alkanes) is 38. The van der Waals surface area contributed by atoms with Crippen molar-refractivity contribution in [3.63, 3.8) is 0 Å². The Hall–Kier alpha value is -3.27. The SMILES string of the molecule is CC/C=C\C/C=C\C/C=C\C/C=C\C/C=C\CCCC(=O)OC(COC(=O)CCCCCCCCCCCCCCCCCCCCCCCCCCCCCCC/C=C\CCCCCCCCCC)COC(OCC[N+](C)(C)C)C(=O)O. The van der Waals surface area contributed by atoms with E-state index in [0.717, 1.165) is 57.8 Å². The number of hydrogen-bond donors (Lipinski definition) is 1. The van der Waals surface area contributed by atoms with Crippen molar-refractivity contribution in [1.82, 2.24) is 0 Å². The van der Waals surface area contributed by atoms with Gasteiger partial charge in [-0.15, -0.1) is 0 Å². The molecule has 0 heterocycles. The summed E-state index contributed by atoms with van der Waals surface area (Å²) in [5.74, 6) is -2.08. The second-order valence-electron chi connectivity index (χ2n) is 24.8. The Balaban J connectivity index is 3.94. The van der Waals surface area contributed by atoms with Crippen molar-refractivity contribution >= 4 is 17.9 Å². The second-order valence-corrected chi connectivity index (χ2v) is 24.8. The Morgan fingerprint density at radius 1 is 0.373 bits per heavy atom.